The molecular weight excluding hydrogens is 238 g/mol. The van der Waals surface area contributed by atoms with Gasteiger partial charge in [-0.2, -0.15) is 0 Å². The van der Waals surface area contributed by atoms with Gasteiger partial charge in [-0.1, -0.05) is 27.7 Å². The van der Waals surface area contributed by atoms with Crippen LogP contribution in [0.3, 0.4) is 0 Å². The van der Waals surface area contributed by atoms with Crippen molar-refractivity contribution in [2.75, 3.05) is 12.8 Å². The van der Waals surface area contributed by atoms with Crippen molar-refractivity contribution in [1.29, 1.82) is 0 Å². The third kappa shape index (κ3) is 3.72. The van der Waals surface area contributed by atoms with Crippen LogP contribution < -0.4 is 5.73 Å². The standard InChI is InChI=1S/C15H29N3O/c1-8-9-18-12(16)11(10-15(5,6)19-7)17-13(18)14(2,3)4/h8-10,16H2,1-7H3. The fourth-order valence-corrected chi connectivity index (χ4v) is 2.14. The number of ether oxygens (including phenoxy) is 1. The largest absolute Gasteiger partial charge is 0.384 e. The van der Waals surface area contributed by atoms with Crippen LogP contribution in [0, 0.1) is 0 Å². The molecule has 0 atom stereocenters. The summed E-state index contributed by atoms with van der Waals surface area (Å²) in [6.07, 6.45) is 1.78. The molecule has 110 valence electrons. The van der Waals surface area contributed by atoms with Gasteiger partial charge in [0, 0.05) is 25.5 Å². The van der Waals surface area contributed by atoms with E-state index in [1.54, 1.807) is 7.11 Å². The van der Waals surface area contributed by atoms with Gasteiger partial charge >= 0.3 is 0 Å². The Morgan fingerprint density at radius 1 is 1.21 bits per heavy atom. The van der Waals surface area contributed by atoms with Gasteiger partial charge < -0.3 is 15.0 Å². The highest BCUT2D eigenvalue weighted by atomic mass is 16.5. The Balaban J connectivity index is 3.22. The second-order valence-electron chi connectivity index (χ2n) is 6.81. The number of anilines is 1. The maximum atomic E-state index is 6.29. The van der Waals surface area contributed by atoms with Crippen molar-refractivity contribution in [3.8, 4) is 0 Å². The van der Waals surface area contributed by atoms with Gasteiger partial charge in [-0.3, -0.25) is 0 Å². The lowest BCUT2D eigenvalue weighted by Crippen LogP contribution is -2.26. The average molecular weight is 267 g/mol. The van der Waals surface area contributed by atoms with E-state index in [-0.39, 0.29) is 11.0 Å². The molecule has 4 heteroatoms. The molecule has 0 aromatic carbocycles. The smallest absolute Gasteiger partial charge is 0.126 e. The Morgan fingerprint density at radius 2 is 1.79 bits per heavy atom. The molecule has 1 aromatic rings. The lowest BCUT2D eigenvalue weighted by atomic mass is 9.95. The summed E-state index contributed by atoms with van der Waals surface area (Å²) < 4.78 is 7.64. The van der Waals surface area contributed by atoms with E-state index < -0.39 is 0 Å². The molecule has 0 aliphatic carbocycles. The van der Waals surface area contributed by atoms with Crippen LogP contribution in [-0.4, -0.2) is 22.3 Å². The molecule has 1 heterocycles. The molecule has 0 amide bonds. The molecule has 0 saturated carbocycles. The lowest BCUT2D eigenvalue weighted by Gasteiger charge is -2.21. The monoisotopic (exact) mass is 267 g/mol. The topological polar surface area (TPSA) is 53.1 Å². The predicted octanol–water partition coefficient (Wildman–Crippen LogP) is 3.14. The second kappa shape index (κ2) is 5.53. The highest BCUT2D eigenvalue weighted by Gasteiger charge is 2.27. The van der Waals surface area contributed by atoms with Gasteiger partial charge in [0.25, 0.3) is 0 Å². The van der Waals surface area contributed by atoms with Crippen molar-refractivity contribution in [1.82, 2.24) is 9.55 Å². The number of aromatic nitrogens is 2. The van der Waals surface area contributed by atoms with Crippen molar-refractivity contribution >= 4 is 5.82 Å². The quantitative estimate of drug-likeness (QED) is 0.891. The first-order chi connectivity index (χ1) is 8.62. The minimum atomic E-state index is -0.241. The van der Waals surface area contributed by atoms with Gasteiger partial charge in [-0.15, -0.1) is 0 Å². The van der Waals surface area contributed by atoms with E-state index in [1.807, 2.05) is 0 Å². The number of nitrogens with zero attached hydrogens (tertiary/aromatic N) is 2. The summed E-state index contributed by atoms with van der Waals surface area (Å²) in [5.74, 6) is 1.85. The summed E-state index contributed by atoms with van der Waals surface area (Å²) in [7, 11) is 1.73. The fourth-order valence-electron chi connectivity index (χ4n) is 2.14. The Hall–Kier alpha value is -1.03. The summed E-state index contributed by atoms with van der Waals surface area (Å²) in [5, 5.41) is 0. The summed E-state index contributed by atoms with van der Waals surface area (Å²) >= 11 is 0. The van der Waals surface area contributed by atoms with E-state index in [0.717, 1.165) is 36.7 Å². The van der Waals surface area contributed by atoms with Crippen molar-refractivity contribution in [2.24, 2.45) is 0 Å². The first-order valence-corrected chi connectivity index (χ1v) is 7.03. The van der Waals surface area contributed by atoms with Crippen molar-refractivity contribution in [3.63, 3.8) is 0 Å². The van der Waals surface area contributed by atoms with E-state index in [0.29, 0.717) is 0 Å². The normalized spacial score (nSPS) is 13.0. The molecule has 0 aliphatic heterocycles. The molecule has 0 unspecified atom stereocenters. The number of nitrogens with two attached hydrogens (primary N) is 1. The molecule has 1 rings (SSSR count). The molecule has 0 spiro atoms. The van der Waals surface area contributed by atoms with Crippen molar-refractivity contribution in [3.05, 3.63) is 11.5 Å². The number of methoxy groups -OCH3 is 1. The van der Waals surface area contributed by atoms with Crippen LogP contribution in [0.15, 0.2) is 0 Å². The summed E-state index contributed by atoms with van der Waals surface area (Å²) in [6.45, 7) is 13.7. The van der Waals surface area contributed by atoms with E-state index in [4.69, 9.17) is 15.5 Å². The first kappa shape index (κ1) is 16.0. The number of nitrogen functional groups attached to an aromatic ring is 1. The Kier molecular flexibility index (Phi) is 4.67. The highest BCUT2D eigenvalue weighted by Crippen LogP contribution is 2.28. The molecule has 19 heavy (non-hydrogen) atoms. The van der Waals surface area contributed by atoms with Gasteiger partial charge in [0.1, 0.15) is 11.6 Å². The van der Waals surface area contributed by atoms with Crippen LogP contribution >= 0.6 is 0 Å². The van der Waals surface area contributed by atoms with Crippen LogP contribution in [0.4, 0.5) is 5.82 Å². The van der Waals surface area contributed by atoms with Gasteiger partial charge in [-0.05, 0) is 20.3 Å². The van der Waals surface area contributed by atoms with Crippen LogP contribution in [-0.2, 0) is 23.1 Å². The average Bonchev–Trinajstić information content (AvgIpc) is 2.57. The predicted molar refractivity (Wildman–Crippen MR) is 80.4 cm³/mol. The van der Waals surface area contributed by atoms with Gasteiger partial charge in [0.15, 0.2) is 0 Å². The number of rotatable bonds is 5. The van der Waals surface area contributed by atoms with E-state index in [1.165, 1.54) is 0 Å². The molecule has 0 bridgehead atoms. The Morgan fingerprint density at radius 3 is 2.21 bits per heavy atom. The molecule has 0 saturated heterocycles. The maximum absolute atomic E-state index is 6.29. The SMILES string of the molecule is CCCn1c(C(C)(C)C)nc(CC(C)(C)OC)c1N. The fraction of sp³-hybridized carbons (Fsp3) is 0.800. The zero-order valence-electron chi connectivity index (χ0n) is 13.5. The van der Waals surface area contributed by atoms with E-state index in [2.05, 4.69) is 46.1 Å². The Bertz CT molecular complexity index is 427. The van der Waals surface area contributed by atoms with Crippen molar-refractivity contribution < 1.29 is 4.74 Å². The minimum Gasteiger partial charge on any atom is -0.384 e. The molecule has 1 aromatic heterocycles. The third-order valence-corrected chi connectivity index (χ3v) is 3.35. The third-order valence-electron chi connectivity index (χ3n) is 3.35. The zero-order chi connectivity index (χ0) is 14.8. The van der Waals surface area contributed by atoms with Gasteiger partial charge in [0.2, 0.25) is 0 Å². The molecule has 4 nitrogen and oxygen atoms in total. The lowest BCUT2D eigenvalue weighted by molar-refractivity contribution is 0.0226. The highest BCUT2D eigenvalue weighted by molar-refractivity contribution is 5.40. The summed E-state index contributed by atoms with van der Waals surface area (Å²) in [6, 6.07) is 0. The van der Waals surface area contributed by atoms with Crippen LogP contribution in [0.1, 0.15) is 59.5 Å². The minimum absolute atomic E-state index is 0.00124. The molecule has 0 fully saturated rings. The first-order valence-electron chi connectivity index (χ1n) is 7.03. The zero-order valence-corrected chi connectivity index (χ0v) is 13.5. The van der Waals surface area contributed by atoms with E-state index >= 15 is 0 Å². The maximum Gasteiger partial charge on any atom is 0.126 e. The summed E-state index contributed by atoms with van der Waals surface area (Å²) in [4.78, 5) is 4.79. The number of imidazole rings is 1. The van der Waals surface area contributed by atoms with Crippen LogP contribution in [0.2, 0.25) is 0 Å². The van der Waals surface area contributed by atoms with Gasteiger partial charge in [0.05, 0.1) is 11.3 Å². The van der Waals surface area contributed by atoms with E-state index in [9.17, 15) is 0 Å². The van der Waals surface area contributed by atoms with Crippen LogP contribution in [0.25, 0.3) is 0 Å². The molecular formula is C15H29N3O. The van der Waals surface area contributed by atoms with Crippen LogP contribution in [0.5, 0.6) is 0 Å². The number of hydrogen-bond acceptors (Lipinski definition) is 3. The summed E-state index contributed by atoms with van der Waals surface area (Å²) in [5.41, 5.74) is 7.00. The Labute approximate surface area is 117 Å². The van der Waals surface area contributed by atoms with Gasteiger partial charge in [-0.25, -0.2) is 4.98 Å². The molecule has 0 aliphatic rings. The molecule has 0 radical (unpaired) electrons. The second-order valence-corrected chi connectivity index (χ2v) is 6.81. The number of hydrogen-bond donors (Lipinski definition) is 1. The molecule has 2 N–H and O–H groups in total. The van der Waals surface area contributed by atoms with Crippen molar-refractivity contribution in [2.45, 2.75) is 71.9 Å².